The van der Waals surface area contributed by atoms with Crippen molar-refractivity contribution in [1.29, 1.82) is 0 Å². The van der Waals surface area contributed by atoms with Gasteiger partial charge in [0.1, 0.15) is 10.8 Å². The van der Waals surface area contributed by atoms with Crippen molar-refractivity contribution in [2.75, 3.05) is 20.2 Å². The van der Waals surface area contributed by atoms with Gasteiger partial charge in [0.2, 0.25) is 0 Å². The van der Waals surface area contributed by atoms with Gasteiger partial charge in [0.25, 0.3) is 0 Å². The van der Waals surface area contributed by atoms with E-state index in [9.17, 15) is 9.90 Å². The van der Waals surface area contributed by atoms with E-state index in [0.29, 0.717) is 13.0 Å². The number of methoxy groups -OCH3 is 1. The second-order valence-electron chi connectivity index (χ2n) is 6.98. The normalized spacial score (nSPS) is 18.9. The van der Waals surface area contributed by atoms with Crippen molar-refractivity contribution >= 4 is 43.5 Å². The molecule has 2 atom stereocenters. The fourth-order valence-corrected chi connectivity index (χ4v) is 5.35. The van der Waals surface area contributed by atoms with Gasteiger partial charge in [0, 0.05) is 16.6 Å². The van der Waals surface area contributed by atoms with Crippen LogP contribution in [0, 0.1) is 5.92 Å². The van der Waals surface area contributed by atoms with Crippen LogP contribution in [0.4, 0.5) is 0 Å². The third-order valence-electron chi connectivity index (χ3n) is 5.20. The lowest BCUT2D eigenvalue weighted by Gasteiger charge is -2.36. The summed E-state index contributed by atoms with van der Waals surface area (Å²) in [6.45, 7) is 1.34. The van der Waals surface area contributed by atoms with Crippen LogP contribution < -0.4 is 4.74 Å². The average Bonchev–Trinajstić information content (AvgIpc) is 3.12. The first-order chi connectivity index (χ1) is 13.6. The van der Waals surface area contributed by atoms with E-state index < -0.39 is 5.97 Å². The average molecular weight is 461 g/mol. The second-order valence-corrected chi connectivity index (χ2v) is 8.96. The summed E-state index contributed by atoms with van der Waals surface area (Å²) in [5, 5.41) is 10.5. The molecule has 7 heteroatoms. The number of rotatable bonds is 5. The highest BCUT2D eigenvalue weighted by molar-refractivity contribution is 9.10. The second kappa shape index (κ2) is 8.19. The summed E-state index contributed by atoms with van der Waals surface area (Å²) < 4.78 is 7.74. The highest BCUT2D eigenvalue weighted by Crippen LogP contribution is 2.41. The molecule has 2 heterocycles. The zero-order valence-electron chi connectivity index (χ0n) is 15.5. The van der Waals surface area contributed by atoms with Gasteiger partial charge >= 0.3 is 5.97 Å². The standard InChI is InChI=1S/C21H21BrN2O3S/c1-27-17-9-8-14(22)11-15(17)19(24-10-4-5-13(12-24)21(25)26)20-23-16-6-2-3-7-18(16)28-20/h2-3,6-9,11,13,19H,4-5,10,12H2,1H3,(H,25,26). The van der Waals surface area contributed by atoms with Gasteiger partial charge in [-0.25, -0.2) is 4.98 Å². The molecule has 1 aliphatic rings. The minimum Gasteiger partial charge on any atom is -0.496 e. The van der Waals surface area contributed by atoms with Crippen LogP contribution in [0.25, 0.3) is 10.2 Å². The Bertz CT molecular complexity index is 973. The Morgan fingerprint density at radius 3 is 2.93 bits per heavy atom. The first-order valence-electron chi connectivity index (χ1n) is 9.22. The van der Waals surface area contributed by atoms with E-state index in [0.717, 1.165) is 44.0 Å². The highest BCUT2D eigenvalue weighted by atomic mass is 79.9. The van der Waals surface area contributed by atoms with E-state index in [2.05, 4.69) is 33.0 Å². The molecule has 146 valence electrons. The Morgan fingerprint density at radius 2 is 2.18 bits per heavy atom. The Labute approximate surface area is 176 Å². The molecular weight excluding hydrogens is 440 g/mol. The van der Waals surface area contributed by atoms with Gasteiger partial charge < -0.3 is 9.84 Å². The molecule has 2 unspecified atom stereocenters. The maximum Gasteiger partial charge on any atom is 0.307 e. The van der Waals surface area contributed by atoms with Gasteiger partial charge in [-0.05, 0) is 49.7 Å². The van der Waals surface area contributed by atoms with Crippen molar-refractivity contribution in [3.63, 3.8) is 0 Å². The van der Waals surface area contributed by atoms with E-state index in [1.165, 1.54) is 0 Å². The Hall–Kier alpha value is -1.96. The van der Waals surface area contributed by atoms with Crippen LogP contribution in [0.2, 0.25) is 0 Å². The predicted molar refractivity (Wildman–Crippen MR) is 114 cm³/mol. The number of hydrogen-bond donors (Lipinski definition) is 1. The monoisotopic (exact) mass is 460 g/mol. The number of hydrogen-bond acceptors (Lipinski definition) is 5. The van der Waals surface area contributed by atoms with Crippen molar-refractivity contribution in [3.8, 4) is 5.75 Å². The van der Waals surface area contributed by atoms with Crippen molar-refractivity contribution in [2.24, 2.45) is 5.92 Å². The number of aromatic nitrogens is 1. The number of benzene rings is 2. The fourth-order valence-electron chi connectivity index (χ4n) is 3.85. The van der Waals surface area contributed by atoms with Crippen LogP contribution >= 0.6 is 27.3 Å². The van der Waals surface area contributed by atoms with Crippen LogP contribution in [-0.2, 0) is 4.79 Å². The van der Waals surface area contributed by atoms with E-state index in [1.54, 1.807) is 18.4 Å². The van der Waals surface area contributed by atoms with E-state index in [1.807, 2.05) is 30.3 Å². The van der Waals surface area contributed by atoms with Gasteiger partial charge in [0.05, 0.1) is 29.3 Å². The molecule has 5 nitrogen and oxygen atoms in total. The first kappa shape index (κ1) is 19.4. The summed E-state index contributed by atoms with van der Waals surface area (Å²) in [5.74, 6) is -0.303. The van der Waals surface area contributed by atoms with E-state index >= 15 is 0 Å². The highest BCUT2D eigenvalue weighted by Gasteiger charge is 2.34. The largest absolute Gasteiger partial charge is 0.496 e. The molecule has 1 saturated heterocycles. The summed E-state index contributed by atoms with van der Waals surface area (Å²) in [4.78, 5) is 18.8. The molecule has 0 amide bonds. The number of carboxylic acid groups (broad SMARTS) is 1. The lowest BCUT2D eigenvalue weighted by atomic mass is 9.94. The Morgan fingerprint density at radius 1 is 1.36 bits per heavy atom. The number of thiazole rings is 1. The van der Waals surface area contributed by atoms with Crippen molar-refractivity contribution in [2.45, 2.75) is 18.9 Å². The molecular formula is C21H21BrN2O3S. The smallest absolute Gasteiger partial charge is 0.307 e. The topological polar surface area (TPSA) is 62.7 Å². The summed E-state index contributed by atoms with van der Waals surface area (Å²) >= 11 is 5.23. The molecule has 3 aromatic rings. The number of piperidine rings is 1. The van der Waals surface area contributed by atoms with Crippen LogP contribution in [0.3, 0.4) is 0 Å². The number of likely N-dealkylation sites (tertiary alicyclic amines) is 1. The van der Waals surface area contributed by atoms with Crippen molar-refractivity contribution < 1.29 is 14.6 Å². The Balaban J connectivity index is 1.83. The number of ether oxygens (including phenoxy) is 1. The summed E-state index contributed by atoms with van der Waals surface area (Å²) in [7, 11) is 1.67. The predicted octanol–water partition coefficient (Wildman–Crippen LogP) is 4.95. The van der Waals surface area contributed by atoms with Gasteiger partial charge in [-0.1, -0.05) is 28.1 Å². The molecule has 0 saturated carbocycles. The maximum atomic E-state index is 11.6. The molecule has 1 aromatic heterocycles. The third kappa shape index (κ3) is 3.79. The number of para-hydroxylation sites is 1. The van der Waals surface area contributed by atoms with Crippen LogP contribution in [-0.4, -0.2) is 41.2 Å². The molecule has 1 fully saturated rings. The summed E-state index contributed by atoms with van der Waals surface area (Å²) in [6, 6.07) is 13.9. The minimum atomic E-state index is -0.728. The number of carbonyl (C=O) groups is 1. The van der Waals surface area contributed by atoms with Crippen molar-refractivity contribution in [3.05, 3.63) is 57.5 Å². The Kier molecular flexibility index (Phi) is 5.66. The van der Waals surface area contributed by atoms with E-state index in [4.69, 9.17) is 9.72 Å². The SMILES string of the molecule is COc1ccc(Br)cc1C(c1nc2ccccc2s1)N1CCCC(C(=O)O)C1. The van der Waals surface area contributed by atoms with Gasteiger partial charge in [-0.15, -0.1) is 11.3 Å². The quantitative estimate of drug-likeness (QED) is 0.583. The molecule has 0 bridgehead atoms. The molecule has 1 N–H and O–H groups in total. The summed E-state index contributed by atoms with van der Waals surface area (Å²) in [5.41, 5.74) is 1.97. The molecule has 4 rings (SSSR count). The zero-order chi connectivity index (χ0) is 19.7. The minimum absolute atomic E-state index is 0.146. The van der Waals surface area contributed by atoms with Crippen molar-refractivity contribution in [1.82, 2.24) is 9.88 Å². The summed E-state index contributed by atoms with van der Waals surface area (Å²) in [6.07, 6.45) is 1.57. The number of halogens is 1. The fraction of sp³-hybridized carbons (Fsp3) is 0.333. The molecule has 0 aliphatic carbocycles. The molecule has 1 aliphatic heterocycles. The molecule has 0 spiro atoms. The van der Waals surface area contributed by atoms with Gasteiger partial charge in [-0.3, -0.25) is 9.69 Å². The lowest BCUT2D eigenvalue weighted by molar-refractivity contribution is -0.143. The number of carboxylic acids is 1. The number of nitrogens with zero attached hydrogens (tertiary/aromatic N) is 2. The lowest BCUT2D eigenvalue weighted by Crippen LogP contribution is -2.41. The number of fused-ring (bicyclic) bond motifs is 1. The van der Waals surface area contributed by atoms with Crippen LogP contribution in [0.15, 0.2) is 46.9 Å². The zero-order valence-corrected chi connectivity index (χ0v) is 17.9. The molecule has 28 heavy (non-hydrogen) atoms. The molecule has 2 aromatic carbocycles. The van der Waals surface area contributed by atoms with Gasteiger partial charge in [0.15, 0.2) is 0 Å². The van der Waals surface area contributed by atoms with Crippen LogP contribution in [0.5, 0.6) is 5.75 Å². The number of aliphatic carboxylic acids is 1. The molecule has 0 radical (unpaired) electrons. The van der Waals surface area contributed by atoms with Crippen LogP contribution in [0.1, 0.15) is 29.5 Å². The van der Waals surface area contributed by atoms with E-state index in [-0.39, 0.29) is 12.0 Å². The first-order valence-corrected chi connectivity index (χ1v) is 10.8. The maximum absolute atomic E-state index is 11.6. The van der Waals surface area contributed by atoms with Gasteiger partial charge in [-0.2, -0.15) is 0 Å². The third-order valence-corrected chi connectivity index (χ3v) is 6.78.